The maximum atomic E-state index is 11.8. The summed E-state index contributed by atoms with van der Waals surface area (Å²) >= 11 is 1.50. The molecule has 7 nitrogen and oxygen atoms in total. The molecule has 1 atom stereocenters. The number of aromatic amines is 1. The minimum Gasteiger partial charge on any atom is -0.465 e. The highest BCUT2D eigenvalue weighted by Gasteiger charge is 2.28. The number of thioether (sulfide) groups is 1. The zero-order valence-electron chi connectivity index (χ0n) is 12.4. The molecule has 8 heteroatoms. The zero-order valence-corrected chi connectivity index (χ0v) is 13.2. The highest BCUT2D eigenvalue weighted by molar-refractivity contribution is 7.99. The highest BCUT2D eigenvalue weighted by Crippen LogP contribution is 2.36. The van der Waals surface area contributed by atoms with E-state index in [9.17, 15) is 9.59 Å². The van der Waals surface area contributed by atoms with Crippen LogP contribution in [0.1, 0.15) is 39.2 Å². The van der Waals surface area contributed by atoms with E-state index in [1.807, 2.05) is 6.92 Å². The van der Waals surface area contributed by atoms with E-state index >= 15 is 0 Å². The molecule has 21 heavy (non-hydrogen) atoms. The molecule has 1 heterocycles. The molecule has 0 aromatic carbocycles. The molecule has 0 saturated heterocycles. The Hall–Kier alpha value is -1.28. The number of ether oxygens (including phenoxy) is 1. The Morgan fingerprint density at radius 2 is 2.33 bits per heavy atom. The summed E-state index contributed by atoms with van der Waals surface area (Å²) in [6.45, 7) is 4.85. The van der Waals surface area contributed by atoms with Crippen LogP contribution in [0, 0.1) is 0 Å². The predicted octanol–water partition coefficient (Wildman–Crippen LogP) is 0.930. The fourth-order valence-electron chi connectivity index (χ4n) is 2.11. The molecule has 0 amide bonds. The first-order chi connectivity index (χ1) is 10.2. The van der Waals surface area contributed by atoms with Crippen molar-refractivity contribution in [2.24, 2.45) is 0 Å². The first-order valence-corrected chi connectivity index (χ1v) is 8.35. The number of carbonyl (C=O) groups excluding carboxylic acids is 1. The molecule has 1 aliphatic carbocycles. The summed E-state index contributed by atoms with van der Waals surface area (Å²) in [4.78, 5) is 23.5. The van der Waals surface area contributed by atoms with Crippen LogP contribution >= 0.6 is 11.8 Å². The molecule has 2 rings (SSSR count). The predicted molar refractivity (Wildman–Crippen MR) is 80.6 cm³/mol. The molecule has 2 N–H and O–H groups in total. The van der Waals surface area contributed by atoms with Crippen LogP contribution in [-0.4, -0.2) is 45.7 Å². The van der Waals surface area contributed by atoms with Crippen LogP contribution in [0.2, 0.25) is 0 Å². The van der Waals surface area contributed by atoms with Crippen LogP contribution in [0.15, 0.2) is 9.95 Å². The molecule has 1 unspecified atom stereocenters. The summed E-state index contributed by atoms with van der Waals surface area (Å²) in [5.41, 5.74) is -0.145. The van der Waals surface area contributed by atoms with Gasteiger partial charge < -0.3 is 10.1 Å². The molecule has 0 radical (unpaired) electrons. The van der Waals surface area contributed by atoms with E-state index in [0.29, 0.717) is 36.5 Å². The number of rotatable bonds is 9. The van der Waals surface area contributed by atoms with Gasteiger partial charge in [-0.3, -0.25) is 9.36 Å². The minimum absolute atomic E-state index is 0.145. The van der Waals surface area contributed by atoms with E-state index in [-0.39, 0.29) is 17.7 Å². The quantitative estimate of drug-likeness (QED) is 0.521. The maximum Gasteiger partial charge on any atom is 0.344 e. The van der Waals surface area contributed by atoms with Crippen molar-refractivity contribution in [2.75, 3.05) is 18.9 Å². The second-order valence-corrected chi connectivity index (χ2v) is 5.97. The van der Waals surface area contributed by atoms with Gasteiger partial charge in [0, 0.05) is 11.8 Å². The molecule has 0 aliphatic heterocycles. The Labute approximate surface area is 127 Å². The average Bonchev–Trinajstić information content (AvgIpc) is 3.22. The fraction of sp³-hybridized carbons (Fsp3) is 0.769. The van der Waals surface area contributed by atoms with Crippen LogP contribution in [0.25, 0.3) is 0 Å². The number of hydrogen-bond acceptors (Lipinski definition) is 6. The van der Waals surface area contributed by atoms with Crippen molar-refractivity contribution in [3.05, 3.63) is 10.5 Å². The van der Waals surface area contributed by atoms with Gasteiger partial charge >= 0.3 is 11.7 Å². The summed E-state index contributed by atoms with van der Waals surface area (Å²) in [7, 11) is 0. The van der Waals surface area contributed by atoms with Gasteiger partial charge in [-0.1, -0.05) is 18.7 Å². The summed E-state index contributed by atoms with van der Waals surface area (Å²) in [5.74, 6) is 0.481. The molecule has 0 spiro atoms. The minimum atomic E-state index is -0.303. The topological polar surface area (TPSA) is 89.0 Å². The van der Waals surface area contributed by atoms with Crippen molar-refractivity contribution in [3.63, 3.8) is 0 Å². The lowest BCUT2D eigenvalue weighted by Gasteiger charge is -2.15. The van der Waals surface area contributed by atoms with Crippen molar-refractivity contribution < 1.29 is 9.53 Å². The Balaban J connectivity index is 1.87. The fourth-order valence-corrected chi connectivity index (χ4v) is 3.12. The van der Waals surface area contributed by atoms with Gasteiger partial charge in [-0.05, 0) is 32.7 Å². The Bertz CT molecular complexity index is 524. The third-order valence-electron chi connectivity index (χ3n) is 3.24. The van der Waals surface area contributed by atoms with Gasteiger partial charge in [0.25, 0.3) is 0 Å². The smallest absolute Gasteiger partial charge is 0.344 e. The van der Waals surface area contributed by atoms with E-state index in [1.165, 1.54) is 11.8 Å². The second-order valence-electron chi connectivity index (χ2n) is 4.91. The molecular weight excluding hydrogens is 292 g/mol. The van der Waals surface area contributed by atoms with Gasteiger partial charge in [0.2, 0.25) is 0 Å². The molecule has 1 aromatic heterocycles. The lowest BCUT2D eigenvalue weighted by molar-refractivity contribution is -0.145. The number of aromatic nitrogens is 3. The summed E-state index contributed by atoms with van der Waals surface area (Å²) in [5, 5.41) is 10.4. The van der Waals surface area contributed by atoms with Crippen molar-refractivity contribution in [1.29, 1.82) is 0 Å². The lowest BCUT2D eigenvalue weighted by atomic mass is 10.2. The number of nitrogens with one attached hydrogen (secondary N) is 2. The van der Waals surface area contributed by atoms with Crippen LogP contribution < -0.4 is 11.0 Å². The Morgan fingerprint density at radius 1 is 1.57 bits per heavy atom. The van der Waals surface area contributed by atoms with Gasteiger partial charge in [0.15, 0.2) is 5.16 Å². The summed E-state index contributed by atoms with van der Waals surface area (Å²) in [6, 6.07) is -0.00383. The van der Waals surface area contributed by atoms with E-state index in [0.717, 1.165) is 12.8 Å². The summed E-state index contributed by atoms with van der Waals surface area (Å²) < 4.78 is 6.77. The lowest BCUT2D eigenvalue weighted by Crippen LogP contribution is -2.38. The first kappa shape index (κ1) is 16.1. The second kappa shape index (κ2) is 7.65. The molecule has 1 fully saturated rings. The molecule has 118 valence electrons. The highest BCUT2D eigenvalue weighted by atomic mass is 32.2. The largest absolute Gasteiger partial charge is 0.465 e. The zero-order chi connectivity index (χ0) is 15.2. The standard InChI is InChI=1S/C13H22N4O3S/c1-3-14-10(11(18)20-4-2)7-8-21-13-16-15-12(19)17(13)9-5-6-9/h9-10,14H,3-8H2,1-2H3,(H,15,19). The van der Waals surface area contributed by atoms with E-state index in [2.05, 4.69) is 15.5 Å². The molecule has 0 bridgehead atoms. The SMILES string of the molecule is CCNC(CCSc1n[nH]c(=O)n1C1CC1)C(=O)OCC. The third kappa shape index (κ3) is 4.34. The Kier molecular flexibility index (Phi) is 5.86. The number of likely N-dealkylation sites (N-methyl/N-ethyl adjacent to an activating group) is 1. The van der Waals surface area contributed by atoms with E-state index in [4.69, 9.17) is 4.74 Å². The van der Waals surface area contributed by atoms with Gasteiger partial charge in [-0.25, -0.2) is 9.89 Å². The summed E-state index contributed by atoms with van der Waals surface area (Å²) in [6.07, 6.45) is 2.72. The van der Waals surface area contributed by atoms with Crippen molar-refractivity contribution in [1.82, 2.24) is 20.1 Å². The van der Waals surface area contributed by atoms with Gasteiger partial charge in [0.05, 0.1) is 6.61 Å². The van der Waals surface area contributed by atoms with Gasteiger partial charge in [-0.2, -0.15) is 0 Å². The molecule has 1 saturated carbocycles. The molecule has 1 aromatic rings. The van der Waals surface area contributed by atoms with Crippen molar-refractivity contribution in [3.8, 4) is 0 Å². The maximum absolute atomic E-state index is 11.8. The normalized spacial score (nSPS) is 15.9. The number of nitrogens with zero attached hydrogens (tertiary/aromatic N) is 2. The van der Waals surface area contributed by atoms with E-state index in [1.54, 1.807) is 11.5 Å². The van der Waals surface area contributed by atoms with Crippen LogP contribution in [-0.2, 0) is 9.53 Å². The van der Waals surface area contributed by atoms with Gasteiger partial charge in [-0.15, -0.1) is 5.10 Å². The third-order valence-corrected chi connectivity index (χ3v) is 4.23. The number of hydrogen-bond donors (Lipinski definition) is 2. The molecular formula is C13H22N4O3S. The van der Waals surface area contributed by atoms with Gasteiger partial charge in [0.1, 0.15) is 6.04 Å². The van der Waals surface area contributed by atoms with Crippen LogP contribution in [0.5, 0.6) is 0 Å². The Morgan fingerprint density at radius 3 is 2.95 bits per heavy atom. The first-order valence-electron chi connectivity index (χ1n) is 7.37. The number of H-pyrrole nitrogens is 1. The van der Waals surface area contributed by atoms with Crippen molar-refractivity contribution in [2.45, 2.75) is 50.4 Å². The number of esters is 1. The van der Waals surface area contributed by atoms with Crippen LogP contribution in [0.4, 0.5) is 0 Å². The average molecular weight is 314 g/mol. The van der Waals surface area contributed by atoms with Crippen molar-refractivity contribution >= 4 is 17.7 Å². The monoisotopic (exact) mass is 314 g/mol. The van der Waals surface area contributed by atoms with Crippen LogP contribution in [0.3, 0.4) is 0 Å². The number of carbonyl (C=O) groups is 1. The molecule has 1 aliphatic rings. The van der Waals surface area contributed by atoms with E-state index < -0.39 is 0 Å².